The summed E-state index contributed by atoms with van der Waals surface area (Å²) in [6.45, 7) is 3.51. The van der Waals surface area contributed by atoms with E-state index in [0.29, 0.717) is 5.56 Å². The number of carbonyl (C=O) groups excluding carboxylic acids is 1. The van der Waals surface area contributed by atoms with Crippen molar-refractivity contribution in [1.29, 1.82) is 0 Å². The first-order valence-corrected chi connectivity index (χ1v) is 8.36. The van der Waals surface area contributed by atoms with E-state index >= 15 is 0 Å². The van der Waals surface area contributed by atoms with Crippen LogP contribution in [0.4, 0.5) is 5.69 Å². The fraction of sp³-hybridized carbons (Fsp3) is 0.211. The molecule has 0 radical (unpaired) electrons. The monoisotopic (exact) mass is 365 g/mol. The van der Waals surface area contributed by atoms with Crippen molar-refractivity contribution in [3.8, 4) is 5.69 Å². The number of benzene rings is 2. The summed E-state index contributed by atoms with van der Waals surface area (Å²) in [5, 5.41) is 15.5. The zero-order chi connectivity index (χ0) is 19.6. The molecule has 0 aliphatic heterocycles. The largest absolute Gasteiger partial charge is 0.335 e. The van der Waals surface area contributed by atoms with Crippen LogP contribution >= 0.6 is 0 Å². The van der Waals surface area contributed by atoms with Gasteiger partial charge in [-0.15, -0.1) is 0 Å². The van der Waals surface area contributed by atoms with Crippen molar-refractivity contribution in [3.05, 3.63) is 81.9 Å². The summed E-state index contributed by atoms with van der Waals surface area (Å²) in [6.07, 6.45) is 3.06. The summed E-state index contributed by atoms with van der Waals surface area (Å²) in [6, 6.07) is 12.1. The van der Waals surface area contributed by atoms with Gasteiger partial charge in [0.25, 0.3) is 11.6 Å². The number of hydrogen-bond acceptors (Lipinski definition) is 5. The van der Waals surface area contributed by atoms with E-state index in [0.717, 1.165) is 11.3 Å². The first-order chi connectivity index (χ1) is 12.9. The van der Waals surface area contributed by atoms with Gasteiger partial charge in [0.1, 0.15) is 18.2 Å². The number of aryl methyl sites for hydroxylation is 1. The van der Waals surface area contributed by atoms with Crippen molar-refractivity contribution in [2.75, 3.05) is 7.05 Å². The predicted molar refractivity (Wildman–Crippen MR) is 99.7 cm³/mol. The Bertz CT molecular complexity index is 968. The zero-order valence-electron chi connectivity index (χ0n) is 15.2. The van der Waals surface area contributed by atoms with E-state index in [4.69, 9.17) is 0 Å². The number of nitrogens with zero attached hydrogens (tertiary/aromatic N) is 5. The molecule has 1 aromatic heterocycles. The fourth-order valence-corrected chi connectivity index (χ4v) is 2.91. The third kappa shape index (κ3) is 3.55. The molecule has 3 aromatic rings. The Kier molecular flexibility index (Phi) is 4.98. The number of aromatic nitrogens is 3. The predicted octanol–water partition coefficient (Wildman–Crippen LogP) is 3.32. The number of hydrogen-bond donors (Lipinski definition) is 0. The van der Waals surface area contributed by atoms with E-state index in [1.54, 1.807) is 37.1 Å². The van der Waals surface area contributed by atoms with Crippen molar-refractivity contribution in [3.63, 3.8) is 0 Å². The highest BCUT2D eigenvalue weighted by molar-refractivity contribution is 5.98. The minimum absolute atomic E-state index is 0.0913. The summed E-state index contributed by atoms with van der Waals surface area (Å²) in [4.78, 5) is 29.2. The summed E-state index contributed by atoms with van der Waals surface area (Å²) in [5.41, 5.74) is 2.16. The van der Waals surface area contributed by atoms with Crippen molar-refractivity contribution in [2.24, 2.45) is 0 Å². The van der Waals surface area contributed by atoms with Gasteiger partial charge in [-0.2, -0.15) is 5.10 Å². The van der Waals surface area contributed by atoms with Crippen LogP contribution in [0, 0.1) is 17.0 Å². The third-order valence-corrected chi connectivity index (χ3v) is 4.61. The molecule has 1 atom stereocenters. The number of carbonyl (C=O) groups is 1. The van der Waals surface area contributed by atoms with Crippen LogP contribution in [-0.2, 0) is 0 Å². The van der Waals surface area contributed by atoms with E-state index in [2.05, 4.69) is 10.1 Å². The topological polar surface area (TPSA) is 94.2 Å². The Labute approximate surface area is 156 Å². The van der Waals surface area contributed by atoms with Crippen molar-refractivity contribution >= 4 is 11.6 Å². The first kappa shape index (κ1) is 18.2. The summed E-state index contributed by atoms with van der Waals surface area (Å²) < 4.78 is 1.64. The van der Waals surface area contributed by atoms with Gasteiger partial charge in [-0.25, -0.2) is 9.67 Å². The molecule has 8 heteroatoms. The van der Waals surface area contributed by atoms with Gasteiger partial charge in [0.2, 0.25) is 0 Å². The second-order valence-corrected chi connectivity index (χ2v) is 6.25. The molecule has 27 heavy (non-hydrogen) atoms. The first-order valence-electron chi connectivity index (χ1n) is 8.36. The maximum absolute atomic E-state index is 12.9. The molecule has 1 amide bonds. The van der Waals surface area contributed by atoms with Crippen LogP contribution in [0.2, 0.25) is 0 Å². The van der Waals surface area contributed by atoms with E-state index < -0.39 is 10.8 Å². The van der Waals surface area contributed by atoms with Crippen molar-refractivity contribution in [1.82, 2.24) is 19.7 Å². The quantitative estimate of drug-likeness (QED) is 0.511. The number of nitro groups is 1. The van der Waals surface area contributed by atoms with E-state index in [-0.39, 0.29) is 17.3 Å². The third-order valence-electron chi connectivity index (χ3n) is 4.61. The highest BCUT2D eigenvalue weighted by Gasteiger charge is 2.27. The zero-order valence-corrected chi connectivity index (χ0v) is 15.2. The SMILES string of the molecule is Cc1cccc(C(=O)N(C)[C@H](C)c2ccc(-n3cncn3)cc2)c1[N+](=O)[O-]. The Morgan fingerprint density at radius 3 is 2.52 bits per heavy atom. The molecule has 0 aliphatic carbocycles. The molecule has 0 N–H and O–H groups in total. The van der Waals surface area contributed by atoms with Crippen LogP contribution in [0.1, 0.15) is 34.5 Å². The van der Waals surface area contributed by atoms with Crippen LogP contribution in [-0.4, -0.2) is 37.5 Å². The average molecular weight is 365 g/mol. The van der Waals surface area contributed by atoms with Gasteiger partial charge < -0.3 is 4.90 Å². The Morgan fingerprint density at radius 2 is 1.93 bits per heavy atom. The smallest absolute Gasteiger partial charge is 0.285 e. The van der Waals surface area contributed by atoms with Gasteiger partial charge in [-0.1, -0.05) is 24.3 Å². The Morgan fingerprint density at radius 1 is 1.22 bits per heavy atom. The van der Waals surface area contributed by atoms with Crippen LogP contribution in [0.15, 0.2) is 55.1 Å². The van der Waals surface area contributed by atoms with Gasteiger partial charge in [-0.05, 0) is 37.6 Å². The van der Waals surface area contributed by atoms with Crippen molar-refractivity contribution in [2.45, 2.75) is 19.9 Å². The Balaban J connectivity index is 1.85. The van der Waals surface area contributed by atoms with Gasteiger partial charge in [0.05, 0.1) is 16.7 Å². The molecule has 2 aromatic carbocycles. The second kappa shape index (κ2) is 7.36. The minimum atomic E-state index is -0.506. The molecule has 0 saturated carbocycles. The molecule has 0 aliphatic rings. The second-order valence-electron chi connectivity index (χ2n) is 6.25. The fourth-order valence-electron chi connectivity index (χ4n) is 2.91. The van der Waals surface area contributed by atoms with E-state index in [1.807, 2.05) is 31.2 Å². The van der Waals surface area contributed by atoms with Crippen LogP contribution in [0.5, 0.6) is 0 Å². The standard InChI is InChI=1S/C19H19N5O3/c1-13-5-4-6-17(18(13)24(26)27)19(25)22(3)14(2)15-7-9-16(10-8-15)23-12-20-11-21-23/h4-12,14H,1-3H3/t14-/m1/s1. The molecule has 8 nitrogen and oxygen atoms in total. The lowest BCUT2D eigenvalue weighted by atomic mass is 10.0. The average Bonchev–Trinajstić information content (AvgIpc) is 3.20. The lowest BCUT2D eigenvalue weighted by Crippen LogP contribution is -2.30. The number of para-hydroxylation sites is 1. The minimum Gasteiger partial charge on any atom is -0.335 e. The maximum Gasteiger partial charge on any atom is 0.285 e. The molecule has 3 rings (SSSR count). The number of amides is 1. The summed E-state index contributed by atoms with van der Waals surface area (Å²) in [7, 11) is 1.64. The van der Waals surface area contributed by atoms with Crippen LogP contribution < -0.4 is 0 Å². The normalized spacial score (nSPS) is 11.8. The lowest BCUT2D eigenvalue weighted by molar-refractivity contribution is -0.385. The molecule has 0 fully saturated rings. The molecule has 0 unspecified atom stereocenters. The van der Waals surface area contributed by atoms with Gasteiger partial charge in [-0.3, -0.25) is 14.9 Å². The van der Waals surface area contributed by atoms with Gasteiger partial charge in [0.15, 0.2) is 0 Å². The summed E-state index contributed by atoms with van der Waals surface area (Å²) in [5.74, 6) is -0.391. The van der Waals surface area contributed by atoms with Crippen molar-refractivity contribution < 1.29 is 9.72 Å². The van der Waals surface area contributed by atoms with Gasteiger partial charge >= 0.3 is 0 Å². The molecular weight excluding hydrogens is 346 g/mol. The van der Waals surface area contributed by atoms with Crippen LogP contribution in [0.25, 0.3) is 5.69 Å². The van der Waals surface area contributed by atoms with Crippen LogP contribution in [0.3, 0.4) is 0 Å². The summed E-state index contributed by atoms with van der Waals surface area (Å²) >= 11 is 0. The lowest BCUT2D eigenvalue weighted by Gasteiger charge is -2.25. The molecule has 0 spiro atoms. The molecule has 1 heterocycles. The molecule has 138 valence electrons. The highest BCUT2D eigenvalue weighted by atomic mass is 16.6. The van der Waals surface area contributed by atoms with E-state index in [9.17, 15) is 14.9 Å². The molecular formula is C19H19N5O3. The highest BCUT2D eigenvalue weighted by Crippen LogP contribution is 2.27. The van der Waals surface area contributed by atoms with Gasteiger partial charge in [0, 0.05) is 12.6 Å². The van der Waals surface area contributed by atoms with E-state index in [1.165, 1.54) is 17.3 Å². The molecule has 0 saturated heterocycles. The number of nitro benzene ring substituents is 1. The number of rotatable bonds is 5. The molecule has 0 bridgehead atoms. The Hall–Kier alpha value is -3.55. The maximum atomic E-state index is 12.9.